The molecule has 9 heteroatoms. The SMILES string of the molecule is Cn1c(SCC(=O)Nc2ccc(NC(=O)c3ccccc3)cc2)nnc1-c1ccncc1. The topological polar surface area (TPSA) is 102 Å². The predicted octanol–water partition coefficient (Wildman–Crippen LogP) is 3.86. The van der Waals surface area contributed by atoms with Gasteiger partial charge in [-0.05, 0) is 48.5 Å². The molecule has 2 heterocycles. The van der Waals surface area contributed by atoms with E-state index in [4.69, 9.17) is 0 Å². The fourth-order valence-corrected chi connectivity index (χ4v) is 3.66. The molecule has 2 amide bonds. The molecule has 4 aromatic rings. The first-order valence-electron chi connectivity index (χ1n) is 9.79. The number of carbonyl (C=O) groups is 2. The molecule has 160 valence electrons. The monoisotopic (exact) mass is 444 g/mol. The van der Waals surface area contributed by atoms with Crippen LogP contribution in [-0.2, 0) is 11.8 Å². The molecule has 0 atom stereocenters. The quantitative estimate of drug-likeness (QED) is 0.420. The van der Waals surface area contributed by atoms with Crippen LogP contribution in [0.1, 0.15) is 10.4 Å². The van der Waals surface area contributed by atoms with E-state index in [9.17, 15) is 9.59 Å². The number of aromatic nitrogens is 4. The number of rotatable bonds is 7. The Bertz CT molecular complexity index is 1210. The van der Waals surface area contributed by atoms with Crippen LogP contribution in [0.15, 0.2) is 84.3 Å². The van der Waals surface area contributed by atoms with Crippen LogP contribution < -0.4 is 10.6 Å². The minimum absolute atomic E-state index is 0.162. The molecule has 0 spiro atoms. The standard InChI is InChI=1S/C23H20N6O2S/c1-29-21(16-11-13-24-14-12-16)27-28-23(29)32-15-20(30)25-18-7-9-19(10-8-18)26-22(31)17-5-3-2-4-6-17/h2-14H,15H2,1H3,(H,25,30)(H,26,31). The number of thioether (sulfide) groups is 1. The Labute approximate surface area is 189 Å². The van der Waals surface area contributed by atoms with Gasteiger partial charge in [0, 0.05) is 41.9 Å². The maximum absolute atomic E-state index is 12.4. The second kappa shape index (κ2) is 9.88. The summed E-state index contributed by atoms with van der Waals surface area (Å²) in [5.74, 6) is 0.552. The fourth-order valence-electron chi connectivity index (χ4n) is 2.95. The zero-order chi connectivity index (χ0) is 22.3. The molecule has 0 bridgehead atoms. The molecule has 0 unspecified atom stereocenters. The van der Waals surface area contributed by atoms with Gasteiger partial charge in [-0.25, -0.2) is 0 Å². The van der Waals surface area contributed by atoms with E-state index in [2.05, 4.69) is 25.8 Å². The second-order valence-corrected chi connectivity index (χ2v) is 7.78. The largest absolute Gasteiger partial charge is 0.325 e. The van der Waals surface area contributed by atoms with Crippen LogP contribution >= 0.6 is 11.8 Å². The summed E-state index contributed by atoms with van der Waals surface area (Å²) < 4.78 is 1.84. The van der Waals surface area contributed by atoms with Crippen LogP contribution in [0.4, 0.5) is 11.4 Å². The van der Waals surface area contributed by atoms with Crippen molar-refractivity contribution >= 4 is 35.0 Å². The molecular formula is C23H20N6O2S. The van der Waals surface area contributed by atoms with Crippen molar-refractivity contribution in [1.29, 1.82) is 0 Å². The first-order chi connectivity index (χ1) is 15.6. The smallest absolute Gasteiger partial charge is 0.255 e. The zero-order valence-corrected chi connectivity index (χ0v) is 18.0. The Balaban J connectivity index is 1.30. The number of hydrogen-bond donors (Lipinski definition) is 2. The van der Waals surface area contributed by atoms with Gasteiger partial charge in [0.05, 0.1) is 5.75 Å². The lowest BCUT2D eigenvalue weighted by atomic mass is 10.2. The summed E-state index contributed by atoms with van der Waals surface area (Å²) in [6, 6.07) is 19.7. The van der Waals surface area contributed by atoms with E-state index in [1.807, 2.05) is 41.9 Å². The van der Waals surface area contributed by atoms with E-state index in [1.165, 1.54) is 11.8 Å². The molecule has 0 aliphatic carbocycles. The normalized spacial score (nSPS) is 10.5. The average Bonchev–Trinajstić information content (AvgIpc) is 3.20. The molecule has 8 nitrogen and oxygen atoms in total. The van der Waals surface area contributed by atoms with Gasteiger partial charge in [0.2, 0.25) is 5.91 Å². The Morgan fingerprint density at radius 1 is 0.875 bits per heavy atom. The minimum atomic E-state index is -0.186. The van der Waals surface area contributed by atoms with Gasteiger partial charge >= 0.3 is 0 Å². The molecule has 2 aromatic carbocycles. The average molecular weight is 445 g/mol. The third kappa shape index (κ3) is 5.19. The van der Waals surface area contributed by atoms with Crippen LogP contribution in [0.2, 0.25) is 0 Å². The summed E-state index contributed by atoms with van der Waals surface area (Å²) in [5.41, 5.74) is 2.78. The van der Waals surface area contributed by atoms with Crippen LogP contribution in [0.3, 0.4) is 0 Å². The Hall–Kier alpha value is -3.98. The van der Waals surface area contributed by atoms with Crippen LogP contribution in [0.5, 0.6) is 0 Å². The highest BCUT2D eigenvalue weighted by atomic mass is 32.2. The van der Waals surface area contributed by atoms with E-state index in [0.717, 1.165) is 5.56 Å². The highest BCUT2D eigenvalue weighted by Gasteiger charge is 2.13. The first-order valence-corrected chi connectivity index (χ1v) is 10.8. The Morgan fingerprint density at radius 2 is 1.53 bits per heavy atom. The van der Waals surface area contributed by atoms with E-state index in [1.54, 1.807) is 48.8 Å². The molecule has 2 N–H and O–H groups in total. The number of amides is 2. The van der Waals surface area contributed by atoms with Crippen molar-refractivity contribution in [2.75, 3.05) is 16.4 Å². The lowest BCUT2D eigenvalue weighted by molar-refractivity contribution is -0.113. The van der Waals surface area contributed by atoms with E-state index in [-0.39, 0.29) is 17.6 Å². The zero-order valence-electron chi connectivity index (χ0n) is 17.2. The van der Waals surface area contributed by atoms with E-state index >= 15 is 0 Å². The molecule has 0 aliphatic heterocycles. The summed E-state index contributed by atoms with van der Waals surface area (Å²) in [5, 5.41) is 14.7. The summed E-state index contributed by atoms with van der Waals surface area (Å²) in [7, 11) is 1.86. The van der Waals surface area contributed by atoms with Crippen molar-refractivity contribution in [3.05, 3.63) is 84.7 Å². The number of anilines is 2. The predicted molar refractivity (Wildman–Crippen MR) is 124 cm³/mol. The van der Waals surface area contributed by atoms with Crippen LogP contribution in [0.25, 0.3) is 11.4 Å². The maximum Gasteiger partial charge on any atom is 0.255 e. The van der Waals surface area contributed by atoms with Gasteiger partial charge in [0.25, 0.3) is 5.91 Å². The fraction of sp³-hybridized carbons (Fsp3) is 0.0870. The van der Waals surface area contributed by atoms with Crippen molar-refractivity contribution in [2.24, 2.45) is 7.05 Å². The van der Waals surface area contributed by atoms with Crippen molar-refractivity contribution < 1.29 is 9.59 Å². The van der Waals surface area contributed by atoms with Crippen LogP contribution in [0, 0.1) is 0 Å². The van der Waals surface area contributed by atoms with Crippen LogP contribution in [-0.4, -0.2) is 37.3 Å². The number of benzene rings is 2. The first kappa shape index (κ1) is 21.3. The molecule has 0 fully saturated rings. The van der Waals surface area contributed by atoms with Gasteiger partial charge in [-0.1, -0.05) is 30.0 Å². The minimum Gasteiger partial charge on any atom is -0.325 e. The van der Waals surface area contributed by atoms with E-state index < -0.39 is 0 Å². The van der Waals surface area contributed by atoms with Crippen molar-refractivity contribution in [3.63, 3.8) is 0 Å². The molecule has 0 saturated heterocycles. The highest BCUT2D eigenvalue weighted by molar-refractivity contribution is 7.99. The van der Waals surface area contributed by atoms with Gasteiger partial charge in [0.15, 0.2) is 11.0 Å². The maximum atomic E-state index is 12.4. The third-order valence-electron chi connectivity index (χ3n) is 4.57. The second-order valence-electron chi connectivity index (χ2n) is 6.84. The van der Waals surface area contributed by atoms with Crippen molar-refractivity contribution in [3.8, 4) is 11.4 Å². The van der Waals surface area contributed by atoms with Gasteiger partial charge in [-0.3, -0.25) is 14.6 Å². The lowest BCUT2D eigenvalue weighted by Gasteiger charge is -2.08. The molecule has 2 aromatic heterocycles. The van der Waals surface area contributed by atoms with Crippen molar-refractivity contribution in [2.45, 2.75) is 5.16 Å². The number of carbonyl (C=O) groups excluding carboxylic acids is 2. The molecule has 0 radical (unpaired) electrons. The molecule has 32 heavy (non-hydrogen) atoms. The Morgan fingerprint density at radius 3 is 2.22 bits per heavy atom. The molecule has 0 aliphatic rings. The third-order valence-corrected chi connectivity index (χ3v) is 5.59. The summed E-state index contributed by atoms with van der Waals surface area (Å²) in [4.78, 5) is 28.6. The number of nitrogens with one attached hydrogen (secondary N) is 2. The van der Waals surface area contributed by atoms with Crippen molar-refractivity contribution in [1.82, 2.24) is 19.7 Å². The molecular weight excluding hydrogens is 424 g/mol. The lowest BCUT2D eigenvalue weighted by Crippen LogP contribution is -2.15. The number of hydrogen-bond acceptors (Lipinski definition) is 6. The molecule has 4 rings (SSSR count). The number of nitrogens with zero attached hydrogens (tertiary/aromatic N) is 4. The Kier molecular flexibility index (Phi) is 6.57. The highest BCUT2D eigenvalue weighted by Crippen LogP contribution is 2.22. The number of pyridine rings is 1. The van der Waals surface area contributed by atoms with Gasteiger partial charge in [-0.15, -0.1) is 10.2 Å². The molecule has 0 saturated carbocycles. The summed E-state index contributed by atoms with van der Waals surface area (Å²) in [6.07, 6.45) is 3.39. The summed E-state index contributed by atoms with van der Waals surface area (Å²) in [6.45, 7) is 0. The van der Waals surface area contributed by atoms with Gasteiger partial charge in [-0.2, -0.15) is 0 Å². The van der Waals surface area contributed by atoms with Gasteiger partial charge in [0.1, 0.15) is 0 Å². The van der Waals surface area contributed by atoms with E-state index in [0.29, 0.717) is 27.9 Å². The summed E-state index contributed by atoms with van der Waals surface area (Å²) >= 11 is 1.30. The van der Waals surface area contributed by atoms with Gasteiger partial charge < -0.3 is 15.2 Å².